The molecule has 0 fully saturated rings. The molecular weight excluding hydrogens is 252 g/mol. The Morgan fingerprint density at radius 2 is 1.80 bits per heavy atom. The summed E-state index contributed by atoms with van der Waals surface area (Å²) in [6, 6.07) is 12.7. The van der Waals surface area contributed by atoms with E-state index in [4.69, 9.17) is 0 Å². The Balaban J connectivity index is 2.03. The van der Waals surface area contributed by atoms with Crippen molar-refractivity contribution in [2.75, 3.05) is 5.43 Å². The zero-order valence-corrected chi connectivity index (χ0v) is 11.0. The summed E-state index contributed by atoms with van der Waals surface area (Å²) >= 11 is 0. The molecule has 0 radical (unpaired) electrons. The quantitative estimate of drug-likeness (QED) is 0.788. The number of hydrogen-bond donors (Lipinski definition) is 1. The van der Waals surface area contributed by atoms with E-state index < -0.39 is 0 Å². The SMILES string of the molecule is CC(Nn1c(=O)ccc2ccccc21)c1ncccn1. The van der Waals surface area contributed by atoms with Crippen molar-refractivity contribution in [2.45, 2.75) is 13.0 Å². The molecule has 20 heavy (non-hydrogen) atoms. The number of rotatable bonds is 3. The standard InChI is InChI=1S/C15H14N4O/c1-11(15-16-9-4-10-17-15)18-19-13-6-3-2-5-12(13)7-8-14(19)20/h2-11,18H,1H3. The van der Waals surface area contributed by atoms with Crippen molar-refractivity contribution in [1.82, 2.24) is 14.6 Å². The predicted molar refractivity (Wildman–Crippen MR) is 78.0 cm³/mol. The lowest BCUT2D eigenvalue weighted by Crippen LogP contribution is -2.31. The second kappa shape index (κ2) is 5.13. The summed E-state index contributed by atoms with van der Waals surface area (Å²) in [5.74, 6) is 0.646. The zero-order chi connectivity index (χ0) is 13.9. The third-order valence-electron chi connectivity index (χ3n) is 3.10. The van der Waals surface area contributed by atoms with Gasteiger partial charge in [0.25, 0.3) is 5.56 Å². The van der Waals surface area contributed by atoms with Crippen molar-refractivity contribution in [3.05, 3.63) is 71.0 Å². The van der Waals surface area contributed by atoms with Gasteiger partial charge in [-0.1, -0.05) is 18.2 Å². The van der Waals surface area contributed by atoms with Crippen molar-refractivity contribution in [3.63, 3.8) is 0 Å². The molecule has 0 aliphatic rings. The Morgan fingerprint density at radius 3 is 2.60 bits per heavy atom. The number of para-hydroxylation sites is 1. The van der Waals surface area contributed by atoms with Gasteiger partial charge in [-0.25, -0.2) is 14.6 Å². The van der Waals surface area contributed by atoms with Crippen LogP contribution in [-0.2, 0) is 0 Å². The maximum atomic E-state index is 12.1. The van der Waals surface area contributed by atoms with Crippen molar-refractivity contribution in [1.29, 1.82) is 0 Å². The van der Waals surface area contributed by atoms with Gasteiger partial charge in [-0.2, -0.15) is 0 Å². The van der Waals surface area contributed by atoms with E-state index in [1.807, 2.05) is 37.3 Å². The van der Waals surface area contributed by atoms with Crippen LogP contribution in [0, 0.1) is 0 Å². The van der Waals surface area contributed by atoms with Gasteiger partial charge in [0.1, 0.15) is 0 Å². The second-order valence-electron chi connectivity index (χ2n) is 4.52. The van der Waals surface area contributed by atoms with Gasteiger partial charge in [-0.15, -0.1) is 0 Å². The summed E-state index contributed by atoms with van der Waals surface area (Å²) in [7, 11) is 0. The summed E-state index contributed by atoms with van der Waals surface area (Å²) in [6.07, 6.45) is 3.37. The minimum Gasteiger partial charge on any atom is -0.312 e. The van der Waals surface area contributed by atoms with E-state index in [9.17, 15) is 4.79 Å². The molecule has 0 bridgehead atoms. The molecule has 3 aromatic rings. The number of aromatic nitrogens is 3. The Bertz CT molecular complexity index is 782. The molecule has 5 nitrogen and oxygen atoms in total. The van der Waals surface area contributed by atoms with Crippen molar-refractivity contribution in [2.24, 2.45) is 0 Å². The normalized spacial score (nSPS) is 12.2. The lowest BCUT2D eigenvalue weighted by Gasteiger charge is -2.17. The molecule has 0 saturated carbocycles. The number of nitrogens with zero attached hydrogens (tertiary/aromatic N) is 3. The fourth-order valence-electron chi connectivity index (χ4n) is 2.11. The third-order valence-corrected chi connectivity index (χ3v) is 3.10. The molecular formula is C15H14N4O. The first kappa shape index (κ1) is 12.3. The summed E-state index contributed by atoms with van der Waals surface area (Å²) in [6.45, 7) is 1.92. The minimum atomic E-state index is -0.167. The summed E-state index contributed by atoms with van der Waals surface area (Å²) in [4.78, 5) is 20.5. The van der Waals surface area contributed by atoms with Crippen LogP contribution in [0.4, 0.5) is 0 Å². The molecule has 1 atom stereocenters. The van der Waals surface area contributed by atoms with Crippen LogP contribution in [0.3, 0.4) is 0 Å². The maximum absolute atomic E-state index is 12.1. The highest BCUT2D eigenvalue weighted by Crippen LogP contribution is 2.12. The molecule has 0 amide bonds. The maximum Gasteiger partial charge on any atom is 0.269 e. The summed E-state index contributed by atoms with van der Waals surface area (Å²) in [5.41, 5.74) is 3.88. The van der Waals surface area contributed by atoms with Crippen LogP contribution in [0.15, 0.2) is 59.7 Å². The Labute approximate surface area is 115 Å². The van der Waals surface area contributed by atoms with Crippen molar-refractivity contribution < 1.29 is 0 Å². The van der Waals surface area contributed by atoms with E-state index in [1.165, 1.54) is 4.68 Å². The largest absolute Gasteiger partial charge is 0.312 e. The van der Waals surface area contributed by atoms with E-state index in [0.29, 0.717) is 5.82 Å². The number of benzene rings is 1. The first-order chi connectivity index (χ1) is 9.75. The van der Waals surface area contributed by atoms with Gasteiger partial charge in [0.15, 0.2) is 5.82 Å². The minimum absolute atomic E-state index is 0.105. The van der Waals surface area contributed by atoms with E-state index in [-0.39, 0.29) is 11.6 Å². The van der Waals surface area contributed by atoms with Gasteiger partial charge in [-0.05, 0) is 25.1 Å². The summed E-state index contributed by atoms with van der Waals surface area (Å²) < 4.78 is 1.54. The molecule has 1 N–H and O–H groups in total. The van der Waals surface area contributed by atoms with Crippen LogP contribution in [0.5, 0.6) is 0 Å². The zero-order valence-electron chi connectivity index (χ0n) is 11.0. The molecule has 2 aromatic heterocycles. The first-order valence-electron chi connectivity index (χ1n) is 6.40. The summed E-state index contributed by atoms with van der Waals surface area (Å²) in [5, 5.41) is 1.00. The molecule has 2 heterocycles. The fourth-order valence-corrected chi connectivity index (χ4v) is 2.11. The van der Waals surface area contributed by atoms with Gasteiger partial charge < -0.3 is 5.43 Å². The highest BCUT2D eigenvalue weighted by Gasteiger charge is 2.10. The topological polar surface area (TPSA) is 59.8 Å². The van der Waals surface area contributed by atoms with Gasteiger partial charge in [0, 0.05) is 23.8 Å². The van der Waals surface area contributed by atoms with Crippen LogP contribution in [0.1, 0.15) is 18.8 Å². The Kier molecular flexibility index (Phi) is 3.16. The first-order valence-corrected chi connectivity index (χ1v) is 6.40. The molecule has 100 valence electrons. The van der Waals surface area contributed by atoms with E-state index in [0.717, 1.165) is 10.9 Å². The molecule has 0 saturated heterocycles. The van der Waals surface area contributed by atoms with Crippen LogP contribution in [0.2, 0.25) is 0 Å². The lowest BCUT2D eigenvalue weighted by molar-refractivity contribution is 0.681. The molecule has 1 unspecified atom stereocenters. The third kappa shape index (κ3) is 2.25. The van der Waals surface area contributed by atoms with E-state index in [1.54, 1.807) is 24.5 Å². The van der Waals surface area contributed by atoms with Crippen LogP contribution in [-0.4, -0.2) is 14.6 Å². The number of pyridine rings is 1. The monoisotopic (exact) mass is 266 g/mol. The number of nitrogens with one attached hydrogen (secondary N) is 1. The molecule has 0 aliphatic carbocycles. The van der Waals surface area contributed by atoms with Crippen molar-refractivity contribution >= 4 is 10.9 Å². The van der Waals surface area contributed by atoms with Crippen LogP contribution in [0.25, 0.3) is 10.9 Å². The number of hydrogen-bond acceptors (Lipinski definition) is 4. The lowest BCUT2D eigenvalue weighted by atomic mass is 10.2. The van der Waals surface area contributed by atoms with Gasteiger partial charge in [-0.3, -0.25) is 4.79 Å². The van der Waals surface area contributed by atoms with Crippen LogP contribution < -0.4 is 11.0 Å². The molecule has 0 spiro atoms. The number of fused-ring (bicyclic) bond motifs is 1. The highest BCUT2D eigenvalue weighted by atomic mass is 16.1. The smallest absolute Gasteiger partial charge is 0.269 e. The van der Waals surface area contributed by atoms with Gasteiger partial charge in [0.05, 0.1) is 11.6 Å². The van der Waals surface area contributed by atoms with Crippen molar-refractivity contribution in [3.8, 4) is 0 Å². The average Bonchev–Trinajstić information content (AvgIpc) is 2.51. The molecule has 5 heteroatoms. The predicted octanol–water partition coefficient (Wildman–Crippen LogP) is 2.10. The van der Waals surface area contributed by atoms with Crippen LogP contribution >= 0.6 is 0 Å². The molecule has 0 aliphatic heterocycles. The molecule has 1 aromatic carbocycles. The van der Waals surface area contributed by atoms with E-state index in [2.05, 4.69) is 15.4 Å². The van der Waals surface area contributed by atoms with E-state index >= 15 is 0 Å². The molecule has 3 rings (SSSR count). The Morgan fingerprint density at radius 1 is 1.05 bits per heavy atom. The average molecular weight is 266 g/mol. The highest BCUT2D eigenvalue weighted by molar-refractivity contribution is 5.78. The van der Waals surface area contributed by atoms with Gasteiger partial charge in [0.2, 0.25) is 0 Å². The Hall–Kier alpha value is -2.69. The second-order valence-corrected chi connectivity index (χ2v) is 4.52. The fraction of sp³-hybridized carbons (Fsp3) is 0.133. The van der Waals surface area contributed by atoms with Gasteiger partial charge >= 0.3 is 0 Å².